The maximum atomic E-state index is 12.1. The average molecular weight is 304 g/mol. The molecule has 0 bridgehead atoms. The highest BCUT2D eigenvalue weighted by Crippen LogP contribution is 2.11. The second-order valence-electron chi connectivity index (χ2n) is 6.21. The lowest BCUT2D eigenvalue weighted by Gasteiger charge is -2.11. The Morgan fingerprint density at radius 2 is 1.68 bits per heavy atom. The molecule has 0 aliphatic carbocycles. The largest absolute Gasteiger partial charge is 0.355 e. The fourth-order valence-electron chi connectivity index (χ4n) is 2.13. The summed E-state index contributed by atoms with van der Waals surface area (Å²) < 4.78 is 0. The fraction of sp³-hybridized carbons (Fsp3) is 0.556. The van der Waals surface area contributed by atoms with E-state index in [9.17, 15) is 9.59 Å². The van der Waals surface area contributed by atoms with Crippen molar-refractivity contribution in [1.82, 2.24) is 10.6 Å². The van der Waals surface area contributed by atoms with Crippen molar-refractivity contribution in [3.8, 4) is 0 Å². The molecule has 0 radical (unpaired) electrons. The first-order valence-electron chi connectivity index (χ1n) is 7.98. The summed E-state index contributed by atoms with van der Waals surface area (Å²) in [4.78, 5) is 23.8. The number of rotatable bonds is 9. The van der Waals surface area contributed by atoms with Crippen molar-refractivity contribution in [3.63, 3.8) is 0 Å². The molecule has 1 aromatic carbocycles. The normalized spacial score (nSPS) is 12.2. The third-order valence-electron chi connectivity index (χ3n) is 3.60. The topological polar surface area (TPSA) is 58.2 Å². The molecule has 4 heteroatoms. The number of hydrogen-bond donors (Lipinski definition) is 2. The van der Waals surface area contributed by atoms with Crippen molar-refractivity contribution in [2.45, 2.75) is 46.1 Å². The van der Waals surface area contributed by atoms with Crippen LogP contribution in [0.15, 0.2) is 24.3 Å². The summed E-state index contributed by atoms with van der Waals surface area (Å²) in [5, 5.41) is 5.87. The molecule has 0 spiro atoms. The predicted octanol–water partition coefficient (Wildman–Crippen LogP) is 2.57. The van der Waals surface area contributed by atoms with Crippen LogP contribution in [0.1, 0.15) is 49.5 Å². The van der Waals surface area contributed by atoms with E-state index in [0.29, 0.717) is 18.0 Å². The van der Waals surface area contributed by atoms with Crippen LogP contribution in [0.5, 0.6) is 0 Å². The standard InChI is InChI=1S/C18H28N2O2/c1-13(2)11-15-5-7-16(8-6-15)17(21)9-10-18(22)20-12-14(3)19-4/h5-8,13-14,19H,9-12H2,1-4H3,(H,20,22). The predicted molar refractivity (Wildman–Crippen MR) is 90.1 cm³/mol. The van der Waals surface area contributed by atoms with Gasteiger partial charge in [0.05, 0.1) is 0 Å². The maximum absolute atomic E-state index is 12.1. The number of hydrogen-bond acceptors (Lipinski definition) is 3. The van der Waals surface area contributed by atoms with Crippen molar-refractivity contribution in [1.29, 1.82) is 0 Å². The number of ketones is 1. The van der Waals surface area contributed by atoms with Gasteiger partial charge in [-0.25, -0.2) is 0 Å². The van der Waals surface area contributed by atoms with E-state index in [0.717, 1.165) is 6.42 Å². The van der Waals surface area contributed by atoms with Gasteiger partial charge in [-0.05, 0) is 31.9 Å². The van der Waals surface area contributed by atoms with E-state index in [1.807, 2.05) is 38.2 Å². The van der Waals surface area contributed by atoms with Crippen molar-refractivity contribution in [3.05, 3.63) is 35.4 Å². The Kier molecular flexibility index (Phi) is 7.82. The van der Waals surface area contributed by atoms with Crippen molar-refractivity contribution in [2.24, 2.45) is 5.92 Å². The summed E-state index contributed by atoms with van der Waals surface area (Å²) in [7, 11) is 1.85. The zero-order valence-corrected chi connectivity index (χ0v) is 14.1. The van der Waals surface area contributed by atoms with Crippen LogP contribution < -0.4 is 10.6 Å². The lowest BCUT2D eigenvalue weighted by molar-refractivity contribution is -0.121. The van der Waals surface area contributed by atoms with Gasteiger partial charge in [0, 0.05) is 31.0 Å². The number of carbonyl (C=O) groups is 2. The third-order valence-corrected chi connectivity index (χ3v) is 3.60. The van der Waals surface area contributed by atoms with Crippen LogP contribution in [0.2, 0.25) is 0 Å². The number of Topliss-reactive ketones (excluding diaryl/α,β-unsaturated/α-hetero) is 1. The molecule has 1 aromatic rings. The van der Waals surface area contributed by atoms with Crippen molar-refractivity contribution < 1.29 is 9.59 Å². The highest BCUT2D eigenvalue weighted by molar-refractivity contribution is 5.97. The molecule has 2 N–H and O–H groups in total. The number of carbonyl (C=O) groups excluding carboxylic acids is 2. The van der Waals surface area contributed by atoms with Gasteiger partial charge in [0.15, 0.2) is 5.78 Å². The van der Waals surface area contributed by atoms with Crippen LogP contribution in [0.4, 0.5) is 0 Å². The monoisotopic (exact) mass is 304 g/mol. The van der Waals surface area contributed by atoms with Crippen molar-refractivity contribution in [2.75, 3.05) is 13.6 Å². The molecule has 1 rings (SSSR count). The molecule has 0 aliphatic heterocycles. The molecule has 4 nitrogen and oxygen atoms in total. The molecule has 0 heterocycles. The average Bonchev–Trinajstić information content (AvgIpc) is 2.50. The molecule has 1 unspecified atom stereocenters. The van der Waals surface area contributed by atoms with Gasteiger partial charge in [-0.2, -0.15) is 0 Å². The molecule has 0 aliphatic rings. The smallest absolute Gasteiger partial charge is 0.220 e. The molecule has 0 fully saturated rings. The van der Waals surface area contributed by atoms with E-state index < -0.39 is 0 Å². The number of benzene rings is 1. The molecular weight excluding hydrogens is 276 g/mol. The molecule has 122 valence electrons. The van der Waals surface area contributed by atoms with Crippen LogP contribution in [-0.4, -0.2) is 31.3 Å². The molecular formula is C18H28N2O2. The molecule has 22 heavy (non-hydrogen) atoms. The van der Waals surface area contributed by atoms with Crippen molar-refractivity contribution >= 4 is 11.7 Å². The summed E-state index contributed by atoms with van der Waals surface area (Å²) >= 11 is 0. The Labute approximate surface area is 133 Å². The number of amides is 1. The Morgan fingerprint density at radius 3 is 2.23 bits per heavy atom. The summed E-state index contributed by atoms with van der Waals surface area (Å²) in [5.41, 5.74) is 1.93. The quantitative estimate of drug-likeness (QED) is 0.689. The first-order valence-corrected chi connectivity index (χ1v) is 7.98. The molecule has 0 aromatic heterocycles. The Morgan fingerprint density at radius 1 is 1.05 bits per heavy atom. The summed E-state index contributed by atoms with van der Waals surface area (Å²) in [6.07, 6.45) is 1.51. The molecule has 1 amide bonds. The zero-order chi connectivity index (χ0) is 16.5. The summed E-state index contributed by atoms with van der Waals surface area (Å²) in [6.45, 7) is 6.91. The van der Waals surface area contributed by atoms with Gasteiger partial charge >= 0.3 is 0 Å². The van der Waals surface area contributed by atoms with Crippen LogP contribution in [-0.2, 0) is 11.2 Å². The second kappa shape index (κ2) is 9.36. The van der Waals surface area contributed by atoms with E-state index in [1.165, 1.54) is 5.56 Å². The van der Waals surface area contributed by atoms with Gasteiger partial charge in [-0.3, -0.25) is 9.59 Å². The summed E-state index contributed by atoms with van der Waals surface area (Å²) in [6, 6.07) is 7.96. The fourth-order valence-corrected chi connectivity index (χ4v) is 2.13. The Bertz CT molecular complexity index is 480. The number of likely N-dealkylation sites (N-methyl/N-ethyl adjacent to an activating group) is 1. The zero-order valence-electron chi connectivity index (χ0n) is 14.1. The highest BCUT2D eigenvalue weighted by Gasteiger charge is 2.10. The highest BCUT2D eigenvalue weighted by atomic mass is 16.2. The van der Waals surface area contributed by atoms with Crippen LogP contribution in [0.25, 0.3) is 0 Å². The minimum atomic E-state index is -0.0770. The van der Waals surface area contributed by atoms with Gasteiger partial charge in [0.2, 0.25) is 5.91 Å². The Balaban J connectivity index is 2.40. The number of nitrogens with one attached hydrogen (secondary N) is 2. The third kappa shape index (κ3) is 6.85. The van der Waals surface area contributed by atoms with Crippen LogP contribution >= 0.6 is 0 Å². The molecule has 1 atom stereocenters. The minimum absolute atomic E-state index is 0.0212. The van der Waals surface area contributed by atoms with Gasteiger partial charge < -0.3 is 10.6 Å². The molecule has 0 saturated heterocycles. The van der Waals surface area contributed by atoms with E-state index in [1.54, 1.807) is 0 Å². The Hall–Kier alpha value is -1.68. The van der Waals surface area contributed by atoms with Gasteiger partial charge in [0.1, 0.15) is 0 Å². The minimum Gasteiger partial charge on any atom is -0.355 e. The van der Waals surface area contributed by atoms with Gasteiger partial charge in [-0.1, -0.05) is 38.1 Å². The summed E-state index contributed by atoms with van der Waals surface area (Å²) in [5.74, 6) is 0.546. The lowest BCUT2D eigenvalue weighted by Crippen LogP contribution is -2.37. The first-order chi connectivity index (χ1) is 10.4. The van der Waals surface area contributed by atoms with Gasteiger partial charge in [0.25, 0.3) is 0 Å². The second-order valence-corrected chi connectivity index (χ2v) is 6.21. The lowest BCUT2D eigenvalue weighted by atomic mass is 9.99. The SMILES string of the molecule is CNC(C)CNC(=O)CCC(=O)c1ccc(CC(C)C)cc1. The molecule has 0 saturated carbocycles. The van der Waals surface area contributed by atoms with E-state index in [-0.39, 0.29) is 30.6 Å². The van der Waals surface area contributed by atoms with E-state index >= 15 is 0 Å². The maximum Gasteiger partial charge on any atom is 0.220 e. The van der Waals surface area contributed by atoms with Crippen LogP contribution in [0, 0.1) is 5.92 Å². The van der Waals surface area contributed by atoms with Gasteiger partial charge in [-0.15, -0.1) is 0 Å². The van der Waals surface area contributed by atoms with Crippen LogP contribution in [0.3, 0.4) is 0 Å². The van der Waals surface area contributed by atoms with E-state index in [4.69, 9.17) is 0 Å². The first kappa shape index (κ1) is 18.4. The van der Waals surface area contributed by atoms with E-state index in [2.05, 4.69) is 24.5 Å².